The standard InChI is InChI=1S/C24H23N3O2/c1-16-7-8-17(2)21(13-16)26-23(28)19-9-11-25-22(14-19)24(29)27-12-10-18-5-3-4-6-20(18)15-27/h3-9,11,13-14H,10,12,15H2,1-2H3,(H,26,28). The average Bonchev–Trinajstić information content (AvgIpc) is 2.75. The number of aryl methyl sites for hydroxylation is 2. The maximum absolute atomic E-state index is 13.0. The molecule has 4 rings (SSSR count). The van der Waals surface area contributed by atoms with Crippen molar-refractivity contribution in [3.63, 3.8) is 0 Å². The summed E-state index contributed by atoms with van der Waals surface area (Å²) in [6.45, 7) is 5.14. The molecule has 0 bridgehead atoms. The van der Waals surface area contributed by atoms with E-state index in [9.17, 15) is 9.59 Å². The van der Waals surface area contributed by atoms with Crippen molar-refractivity contribution >= 4 is 17.5 Å². The second-order valence-electron chi connectivity index (χ2n) is 7.45. The number of hydrogen-bond acceptors (Lipinski definition) is 3. The van der Waals surface area contributed by atoms with Crippen LogP contribution < -0.4 is 5.32 Å². The molecule has 29 heavy (non-hydrogen) atoms. The van der Waals surface area contributed by atoms with Gasteiger partial charge in [0, 0.05) is 30.5 Å². The normalized spacial score (nSPS) is 13.0. The maximum Gasteiger partial charge on any atom is 0.272 e. The lowest BCUT2D eigenvalue weighted by molar-refractivity contribution is 0.0728. The lowest BCUT2D eigenvalue weighted by atomic mass is 9.99. The molecule has 3 aromatic rings. The van der Waals surface area contributed by atoms with Crippen LogP contribution in [0.15, 0.2) is 60.8 Å². The molecule has 5 heteroatoms. The van der Waals surface area contributed by atoms with Crippen molar-refractivity contribution in [1.29, 1.82) is 0 Å². The van der Waals surface area contributed by atoms with Crippen molar-refractivity contribution in [2.45, 2.75) is 26.8 Å². The van der Waals surface area contributed by atoms with Gasteiger partial charge in [-0.25, -0.2) is 0 Å². The fourth-order valence-corrected chi connectivity index (χ4v) is 3.58. The molecular formula is C24H23N3O2. The van der Waals surface area contributed by atoms with Gasteiger partial charge in [-0.1, -0.05) is 36.4 Å². The molecule has 0 saturated carbocycles. The first-order valence-corrected chi connectivity index (χ1v) is 9.72. The zero-order valence-electron chi connectivity index (χ0n) is 16.6. The summed E-state index contributed by atoms with van der Waals surface area (Å²) in [7, 11) is 0. The Morgan fingerprint density at radius 3 is 2.62 bits per heavy atom. The molecule has 1 aliphatic heterocycles. The number of fused-ring (bicyclic) bond motifs is 1. The SMILES string of the molecule is Cc1ccc(C)c(NC(=O)c2ccnc(C(=O)N3CCc4ccccc4C3)c2)c1. The Kier molecular flexibility index (Phi) is 5.12. The average molecular weight is 385 g/mol. The zero-order valence-corrected chi connectivity index (χ0v) is 16.6. The zero-order chi connectivity index (χ0) is 20.4. The maximum atomic E-state index is 13.0. The van der Waals surface area contributed by atoms with Gasteiger partial charge in [-0.15, -0.1) is 0 Å². The summed E-state index contributed by atoms with van der Waals surface area (Å²) in [4.78, 5) is 31.7. The van der Waals surface area contributed by atoms with Gasteiger partial charge in [0.15, 0.2) is 0 Å². The molecule has 1 aliphatic rings. The van der Waals surface area contributed by atoms with Crippen molar-refractivity contribution in [1.82, 2.24) is 9.88 Å². The molecule has 2 heterocycles. The van der Waals surface area contributed by atoms with E-state index in [1.165, 1.54) is 11.8 Å². The summed E-state index contributed by atoms with van der Waals surface area (Å²) in [5, 5.41) is 2.93. The van der Waals surface area contributed by atoms with Gasteiger partial charge >= 0.3 is 0 Å². The number of carbonyl (C=O) groups excluding carboxylic acids is 2. The van der Waals surface area contributed by atoms with Gasteiger partial charge in [0.25, 0.3) is 11.8 Å². The molecule has 1 aromatic heterocycles. The van der Waals surface area contributed by atoms with E-state index in [0.717, 1.165) is 28.8 Å². The number of anilines is 1. The number of aromatic nitrogens is 1. The van der Waals surface area contributed by atoms with Crippen molar-refractivity contribution < 1.29 is 9.59 Å². The molecule has 5 nitrogen and oxygen atoms in total. The van der Waals surface area contributed by atoms with E-state index in [-0.39, 0.29) is 17.5 Å². The van der Waals surface area contributed by atoms with E-state index in [0.29, 0.717) is 18.7 Å². The summed E-state index contributed by atoms with van der Waals surface area (Å²) in [6.07, 6.45) is 2.35. The second kappa shape index (κ2) is 7.87. The molecule has 0 atom stereocenters. The molecule has 2 amide bonds. The number of nitrogens with zero attached hydrogens (tertiary/aromatic N) is 2. The summed E-state index contributed by atoms with van der Waals surface area (Å²) in [5.74, 6) is -0.403. The Balaban J connectivity index is 1.52. The Hall–Kier alpha value is -3.47. The number of hydrogen-bond donors (Lipinski definition) is 1. The molecule has 1 N–H and O–H groups in total. The Bertz CT molecular complexity index is 1090. The van der Waals surface area contributed by atoms with Crippen molar-refractivity contribution in [3.8, 4) is 0 Å². The first-order valence-electron chi connectivity index (χ1n) is 9.72. The highest BCUT2D eigenvalue weighted by atomic mass is 16.2. The fraction of sp³-hybridized carbons (Fsp3) is 0.208. The second-order valence-corrected chi connectivity index (χ2v) is 7.45. The highest BCUT2D eigenvalue weighted by molar-refractivity contribution is 6.06. The van der Waals surface area contributed by atoms with Crippen LogP contribution >= 0.6 is 0 Å². The summed E-state index contributed by atoms with van der Waals surface area (Å²) in [6, 6.07) is 17.3. The third kappa shape index (κ3) is 4.04. The van der Waals surface area contributed by atoms with Gasteiger partial charge in [0.2, 0.25) is 0 Å². The minimum atomic E-state index is -0.251. The lowest BCUT2D eigenvalue weighted by Crippen LogP contribution is -2.36. The van der Waals surface area contributed by atoms with Crippen LogP contribution in [0.5, 0.6) is 0 Å². The summed E-state index contributed by atoms with van der Waals surface area (Å²) >= 11 is 0. The minimum Gasteiger partial charge on any atom is -0.333 e. The van der Waals surface area contributed by atoms with Crippen LogP contribution in [-0.4, -0.2) is 28.2 Å². The van der Waals surface area contributed by atoms with Crippen LogP contribution in [0.3, 0.4) is 0 Å². The molecule has 0 radical (unpaired) electrons. The molecule has 0 aliphatic carbocycles. The van der Waals surface area contributed by atoms with Gasteiger partial charge in [-0.05, 0) is 60.7 Å². The fourth-order valence-electron chi connectivity index (χ4n) is 3.58. The molecule has 0 unspecified atom stereocenters. The minimum absolute atomic E-state index is 0.152. The van der Waals surface area contributed by atoms with E-state index in [1.54, 1.807) is 17.0 Å². The van der Waals surface area contributed by atoms with E-state index in [2.05, 4.69) is 22.4 Å². The van der Waals surface area contributed by atoms with Gasteiger partial charge in [0.1, 0.15) is 5.69 Å². The summed E-state index contributed by atoms with van der Waals surface area (Å²) in [5.41, 5.74) is 5.98. The molecule has 2 aromatic carbocycles. The smallest absolute Gasteiger partial charge is 0.272 e. The van der Waals surface area contributed by atoms with Crippen molar-refractivity contribution in [2.24, 2.45) is 0 Å². The number of rotatable bonds is 3. The number of amides is 2. The van der Waals surface area contributed by atoms with Crippen LogP contribution in [0.4, 0.5) is 5.69 Å². The van der Waals surface area contributed by atoms with Crippen LogP contribution in [0.25, 0.3) is 0 Å². The number of carbonyl (C=O) groups is 2. The number of nitrogens with one attached hydrogen (secondary N) is 1. The van der Waals surface area contributed by atoms with E-state index >= 15 is 0 Å². The highest BCUT2D eigenvalue weighted by Gasteiger charge is 2.23. The molecule has 0 saturated heterocycles. The predicted octanol–water partition coefficient (Wildman–Crippen LogP) is 4.15. The third-order valence-electron chi connectivity index (χ3n) is 5.30. The van der Waals surface area contributed by atoms with E-state index in [4.69, 9.17) is 0 Å². The van der Waals surface area contributed by atoms with Crippen LogP contribution in [-0.2, 0) is 13.0 Å². The van der Waals surface area contributed by atoms with Gasteiger partial charge in [-0.3, -0.25) is 14.6 Å². The number of benzene rings is 2. The molecule has 0 fully saturated rings. The first-order chi connectivity index (χ1) is 14.0. The lowest BCUT2D eigenvalue weighted by Gasteiger charge is -2.28. The quantitative estimate of drug-likeness (QED) is 0.737. The third-order valence-corrected chi connectivity index (χ3v) is 5.30. The molecular weight excluding hydrogens is 362 g/mol. The van der Waals surface area contributed by atoms with E-state index in [1.807, 2.05) is 44.2 Å². The Labute approximate surface area is 170 Å². The number of pyridine rings is 1. The predicted molar refractivity (Wildman–Crippen MR) is 113 cm³/mol. The first kappa shape index (κ1) is 18.9. The summed E-state index contributed by atoms with van der Waals surface area (Å²) < 4.78 is 0. The van der Waals surface area contributed by atoms with E-state index < -0.39 is 0 Å². The topological polar surface area (TPSA) is 62.3 Å². The Morgan fingerprint density at radius 1 is 1.00 bits per heavy atom. The van der Waals surface area contributed by atoms with Gasteiger partial charge in [0.05, 0.1) is 0 Å². The monoisotopic (exact) mass is 385 g/mol. The largest absolute Gasteiger partial charge is 0.333 e. The van der Waals surface area contributed by atoms with Crippen molar-refractivity contribution in [3.05, 3.63) is 94.3 Å². The van der Waals surface area contributed by atoms with Gasteiger partial charge in [-0.2, -0.15) is 0 Å². The van der Waals surface area contributed by atoms with Crippen molar-refractivity contribution in [2.75, 3.05) is 11.9 Å². The highest BCUT2D eigenvalue weighted by Crippen LogP contribution is 2.21. The van der Waals surface area contributed by atoms with Gasteiger partial charge < -0.3 is 10.2 Å². The molecule has 146 valence electrons. The Morgan fingerprint density at radius 2 is 1.79 bits per heavy atom. The van der Waals surface area contributed by atoms with Crippen LogP contribution in [0.2, 0.25) is 0 Å². The molecule has 0 spiro atoms. The van der Waals surface area contributed by atoms with Crippen LogP contribution in [0.1, 0.15) is 43.1 Å². The van der Waals surface area contributed by atoms with Crippen LogP contribution in [0, 0.1) is 13.8 Å².